The third-order valence-corrected chi connectivity index (χ3v) is 3.38. The van der Waals surface area contributed by atoms with Gasteiger partial charge in [0.2, 0.25) is 0 Å². The van der Waals surface area contributed by atoms with E-state index in [1.54, 1.807) is 12.1 Å². The molecule has 1 aromatic rings. The zero-order valence-corrected chi connectivity index (χ0v) is 8.87. The van der Waals surface area contributed by atoms with E-state index in [9.17, 15) is 9.18 Å². The lowest BCUT2D eigenvalue weighted by atomic mass is 9.61. The molecule has 16 heavy (non-hydrogen) atoms. The minimum absolute atomic E-state index is 0.0344. The van der Waals surface area contributed by atoms with Crippen molar-refractivity contribution in [1.82, 2.24) is 0 Å². The van der Waals surface area contributed by atoms with Crippen LogP contribution in [0.4, 0.5) is 4.39 Å². The number of nitriles is 1. The highest BCUT2D eigenvalue weighted by Gasteiger charge is 2.44. The topological polar surface area (TPSA) is 40.9 Å². The zero-order valence-electron chi connectivity index (χ0n) is 8.87. The maximum Gasteiger partial charge on any atom is 0.157 e. The predicted molar refractivity (Wildman–Crippen MR) is 57.2 cm³/mol. The van der Waals surface area contributed by atoms with E-state index in [0.29, 0.717) is 0 Å². The smallest absolute Gasteiger partial charge is 0.157 e. The molecule has 2 nitrogen and oxygen atoms in total. The highest BCUT2D eigenvalue weighted by atomic mass is 19.1. The Morgan fingerprint density at radius 2 is 2.00 bits per heavy atom. The molecule has 1 fully saturated rings. The maximum absolute atomic E-state index is 12.8. The molecule has 82 valence electrons. The average Bonchev–Trinajstić information content (AvgIpc) is 2.19. The molecule has 0 bridgehead atoms. The van der Waals surface area contributed by atoms with Gasteiger partial charge in [-0.05, 0) is 30.5 Å². The number of nitrogens with zero attached hydrogens (tertiary/aromatic N) is 1. The van der Waals surface area contributed by atoms with Crippen LogP contribution in [0.15, 0.2) is 24.3 Å². The molecule has 0 radical (unpaired) electrons. The first-order valence-electron chi connectivity index (χ1n) is 5.35. The first-order chi connectivity index (χ1) is 7.69. The second kappa shape index (κ2) is 4.05. The molecule has 3 heteroatoms. The normalized spacial score (nSPS) is 17.2. The largest absolute Gasteiger partial charge is 0.298 e. The standard InChI is InChI=1S/C13H12FNO/c14-11-4-2-10(3-5-11)13(7-1-8-13)12(16)6-9-15/h2-5H,1,6-8H2. The van der Waals surface area contributed by atoms with E-state index in [-0.39, 0.29) is 18.0 Å². The molecule has 2 rings (SSSR count). The molecule has 1 aromatic carbocycles. The van der Waals surface area contributed by atoms with E-state index in [0.717, 1.165) is 24.8 Å². The van der Waals surface area contributed by atoms with Crippen LogP contribution in [0.2, 0.25) is 0 Å². The molecule has 0 spiro atoms. The van der Waals surface area contributed by atoms with Gasteiger partial charge < -0.3 is 0 Å². The van der Waals surface area contributed by atoms with Crippen LogP contribution < -0.4 is 0 Å². The van der Waals surface area contributed by atoms with Gasteiger partial charge in [0, 0.05) is 0 Å². The minimum Gasteiger partial charge on any atom is -0.298 e. The van der Waals surface area contributed by atoms with E-state index < -0.39 is 5.41 Å². The molecule has 0 saturated heterocycles. The summed E-state index contributed by atoms with van der Waals surface area (Å²) in [4.78, 5) is 11.9. The van der Waals surface area contributed by atoms with Crippen molar-refractivity contribution in [2.75, 3.05) is 0 Å². The second-order valence-electron chi connectivity index (χ2n) is 4.20. The lowest BCUT2D eigenvalue weighted by Gasteiger charge is -2.40. The van der Waals surface area contributed by atoms with E-state index in [1.807, 2.05) is 6.07 Å². The molecule has 1 saturated carbocycles. The van der Waals surface area contributed by atoms with Crippen molar-refractivity contribution in [3.8, 4) is 6.07 Å². The number of hydrogen-bond acceptors (Lipinski definition) is 2. The molecule has 0 atom stereocenters. The van der Waals surface area contributed by atoms with Gasteiger partial charge in [0.15, 0.2) is 5.78 Å². The van der Waals surface area contributed by atoms with Crippen molar-refractivity contribution < 1.29 is 9.18 Å². The van der Waals surface area contributed by atoms with Crippen molar-refractivity contribution in [1.29, 1.82) is 5.26 Å². The van der Waals surface area contributed by atoms with Crippen LogP contribution in [-0.2, 0) is 10.2 Å². The lowest BCUT2D eigenvalue weighted by molar-refractivity contribution is -0.126. The number of hydrogen-bond donors (Lipinski definition) is 0. The Morgan fingerprint density at radius 3 is 2.44 bits per heavy atom. The van der Waals surface area contributed by atoms with Gasteiger partial charge in [0.05, 0.1) is 17.9 Å². The highest BCUT2D eigenvalue weighted by molar-refractivity contribution is 5.92. The minimum atomic E-state index is -0.510. The Hall–Kier alpha value is -1.69. The highest BCUT2D eigenvalue weighted by Crippen LogP contribution is 2.45. The quantitative estimate of drug-likeness (QED) is 0.781. The summed E-state index contributed by atoms with van der Waals surface area (Å²) >= 11 is 0. The number of benzene rings is 1. The third-order valence-electron chi connectivity index (χ3n) is 3.38. The fourth-order valence-electron chi connectivity index (χ4n) is 2.27. The molecule has 0 unspecified atom stereocenters. The van der Waals surface area contributed by atoms with Crippen LogP contribution in [0.3, 0.4) is 0 Å². The molecule has 1 aliphatic rings. The van der Waals surface area contributed by atoms with E-state index >= 15 is 0 Å². The Bertz CT molecular complexity index is 440. The maximum atomic E-state index is 12.8. The van der Waals surface area contributed by atoms with Crippen molar-refractivity contribution in [3.05, 3.63) is 35.6 Å². The van der Waals surface area contributed by atoms with Gasteiger partial charge in [-0.2, -0.15) is 5.26 Å². The van der Waals surface area contributed by atoms with Gasteiger partial charge in [0.25, 0.3) is 0 Å². The van der Waals surface area contributed by atoms with E-state index in [1.165, 1.54) is 12.1 Å². The van der Waals surface area contributed by atoms with Crippen LogP contribution in [-0.4, -0.2) is 5.78 Å². The summed E-state index contributed by atoms with van der Waals surface area (Å²) in [6, 6.07) is 7.95. The van der Waals surface area contributed by atoms with Crippen LogP contribution in [0, 0.1) is 17.1 Å². The Kier molecular flexibility index (Phi) is 2.74. The van der Waals surface area contributed by atoms with Crippen LogP contribution in [0.25, 0.3) is 0 Å². The zero-order chi connectivity index (χ0) is 11.6. The number of rotatable bonds is 3. The van der Waals surface area contributed by atoms with Crippen LogP contribution in [0.1, 0.15) is 31.2 Å². The molecule has 0 aromatic heterocycles. The van der Waals surface area contributed by atoms with Crippen LogP contribution in [0.5, 0.6) is 0 Å². The summed E-state index contributed by atoms with van der Waals surface area (Å²) in [5.41, 5.74) is 0.337. The first kappa shape index (κ1) is 10.8. The van der Waals surface area contributed by atoms with E-state index in [4.69, 9.17) is 5.26 Å². The number of carbonyl (C=O) groups excluding carboxylic acids is 1. The molecule has 0 heterocycles. The van der Waals surface area contributed by atoms with Crippen molar-refractivity contribution in [3.63, 3.8) is 0 Å². The molecule has 0 amide bonds. The van der Waals surface area contributed by atoms with Crippen LogP contribution >= 0.6 is 0 Å². The lowest BCUT2D eigenvalue weighted by Crippen LogP contribution is -2.42. The average molecular weight is 217 g/mol. The van der Waals surface area contributed by atoms with Crippen molar-refractivity contribution in [2.45, 2.75) is 31.1 Å². The van der Waals surface area contributed by atoms with Gasteiger partial charge in [-0.1, -0.05) is 18.6 Å². The number of ketones is 1. The SMILES string of the molecule is N#CCC(=O)C1(c2ccc(F)cc2)CCC1. The molecule has 0 aliphatic heterocycles. The summed E-state index contributed by atoms with van der Waals surface area (Å²) in [5.74, 6) is -0.334. The Labute approximate surface area is 93.7 Å². The molecular formula is C13H12FNO. The Balaban J connectivity index is 2.32. The summed E-state index contributed by atoms with van der Waals surface area (Å²) in [6.45, 7) is 0. The number of carbonyl (C=O) groups is 1. The summed E-state index contributed by atoms with van der Waals surface area (Å²) in [7, 11) is 0. The Morgan fingerprint density at radius 1 is 1.38 bits per heavy atom. The van der Waals surface area contributed by atoms with Gasteiger partial charge in [-0.15, -0.1) is 0 Å². The second-order valence-corrected chi connectivity index (χ2v) is 4.20. The summed E-state index contributed by atoms with van der Waals surface area (Å²) in [5, 5.41) is 8.58. The molecular weight excluding hydrogens is 205 g/mol. The fourth-order valence-corrected chi connectivity index (χ4v) is 2.27. The predicted octanol–water partition coefficient (Wildman–Crippen LogP) is 2.73. The van der Waals surface area contributed by atoms with Crippen molar-refractivity contribution in [2.24, 2.45) is 0 Å². The summed E-state index contributed by atoms with van der Waals surface area (Å²) in [6.07, 6.45) is 2.49. The molecule has 1 aliphatic carbocycles. The van der Waals surface area contributed by atoms with Gasteiger partial charge in [-0.3, -0.25) is 4.79 Å². The fraction of sp³-hybridized carbons (Fsp3) is 0.385. The van der Waals surface area contributed by atoms with Gasteiger partial charge in [0.1, 0.15) is 5.82 Å². The van der Waals surface area contributed by atoms with Gasteiger partial charge in [-0.25, -0.2) is 4.39 Å². The summed E-state index contributed by atoms with van der Waals surface area (Å²) < 4.78 is 12.8. The number of halogens is 1. The third kappa shape index (κ3) is 1.61. The van der Waals surface area contributed by atoms with Gasteiger partial charge >= 0.3 is 0 Å². The molecule has 0 N–H and O–H groups in total. The first-order valence-corrected chi connectivity index (χ1v) is 5.35. The van der Waals surface area contributed by atoms with E-state index in [2.05, 4.69) is 0 Å². The monoisotopic (exact) mass is 217 g/mol. The van der Waals surface area contributed by atoms with Crippen molar-refractivity contribution >= 4 is 5.78 Å². The number of Topliss-reactive ketones (excluding diaryl/α,β-unsaturated/α-hetero) is 1.